The van der Waals surface area contributed by atoms with E-state index in [1.807, 2.05) is 32.0 Å². The molecule has 1 aromatic carbocycles. The first-order valence-corrected chi connectivity index (χ1v) is 6.55. The van der Waals surface area contributed by atoms with Crippen molar-refractivity contribution < 1.29 is 9.59 Å². The van der Waals surface area contributed by atoms with E-state index in [1.165, 1.54) is 0 Å². The van der Waals surface area contributed by atoms with Gasteiger partial charge in [-0.05, 0) is 25.1 Å². The number of carbonyl (C=O) groups is 2. The summed E-state index contributed by atoms with van der Waals surface area (Å²) in [7, 11) is 0. The normalized spacial score (nSPS) is 10.3. The lowest BCUT2D eigenvalue weighted by Gasteiger charge is -2.25. The highest BCUT2D eigenvalue weighted by Crippen LogP contribution is 2.21. The van der Waals surface area contributed by atoms with E-state index in [4.69, 9.17) is 11.5 Å². The van der Waals surface area contributed by atoms with E-state index in [1.54, 1.807) is 4.90 Å². The van der Waals surface area contributed by atoms with Gasteiger partial charge in [-0.25, -0.2) is 0 Å². The fraction of sp³-hybridized carbons (Fsp3) is 0.429. The van der Waals surface area contributed by atoms with Crippen LogP contribution in [0.1, 0.15) is 18.1 Å². The average Bonchev–Trinajstić information content (AvgIpc) is 2.34. The minimum absolute atomic E-state index is 0.0366. The second kappa shape index (κ2) is 7.49. The molecule has 1 aromatic rings. The maximum atomic E-state index is 11.2. The number of carbonyl (C=O) groups excluding carboxylic acids is 2. The molecule has 0 aliphatic rings. The molecule has 0 aliphatic carbocycles. The zero-order chi connectivity index (χ0) is 15.1. The predicted molar refractivity (Wildman–Crippen MR) is 79.2 cm³/mol. The molecule has 0 fully saturated rings. The largest absolute Gasteiger partial charge is 0.368 e. The number of nitrogens with two attached hydrogens (primary N) is 2. The Balaban J connectivity index is 3.09. The third-order valence-electron chi connectivity index (χ3n) is 2.83. The van der Waals surface area contributed by atoms with Crippen molar-refractivity contribution >= 4 is 17.5 Å². The first-order valence-electron chi connectivity index (χ1n) is 6.55. The van der Waals surface area contributed by atoms with Crippen molar-refractivity contribution in [1.82, 2.24) is 5.32 Å². The van der Waals surface area contributed by atoms with Crippen LogP contribution in [0.25, 0.3) is 0 Å². The summed E-state index contributed by atoms with van der Waals surface area (Å²) in [4.78, 5) is 23.9. The summed E-state index contributed by atoms with van der Waals surface area (Å²) in [6, 6.07) is 5.83. The first kappa shape index (κ1) is 16.0. The molecule has 0 saturated carbocycles. The van der Waals surface area contributed by atoms with E-state index >= 15 is 0 Å². The van der Waals surface area contributed by atoms with Crippen LogP contribution >= 0.6 is 0 Å². The molecule has 1 rings (SSSR count). The standard InChI is InChI=1S/C14H22N4O2/c1-3-17-7-11-6-10(2)4-5-12(11)18(8-13(15)19)9-14(16)20/h4-6,17H,3,7-9H2,1-2H3,(H2,15,19)(H2,16,20). The van der Waals surface area contributed by atoms with Crippen molar-refractivity contribution in [2.75, 3.05) is 24.5 Å². The lowest BCUT2D eigenvalue weighted by molar-refractivity contribution is -0.117. The third-order valence-corrected chi connectivity index (χ3v) is 2.83. The fourth-order valence-electron chi connectivity index (χ4n) is 2.03. The van der Waals surface area contributed by atoms with Crippen molar-refractivity contribution in [2.24, 2.45) is 11.5 Å². The zero-order valence-corrected chi connectivity index (χ0v) is 12.0. The summed E-state index contributed by atoms with van der Waals surface area (Å²) in [5, 5.41) is 3.23. The molecule has 0 radical (unpaired) electrons. The van der Waals surface area contributed by atoms with Gasteiger partial charge in [-0.3, -0.25) is 9.59 Å². The molecule has 0 heterocycles. The van der Waals surface area contributed by atoms with Crippen molar-refractivity contribution in [3.05, 3.63) is 29.3 Å². The molecule has 0 atom stereocenters. The molecule has 0 aromatic heterocycles. The van der Waals surface area contributed by atoms with E-state index in [-0.39, 0.29) is 13.1 Å². The number of nitrogens with one attached hydrogen (secondary N) is 1. The van der Waals surface area contributed by atoms with Gasteiger partial charge in [0, 0.05) is 12.2 Å². The van der Waals surface area contributed by atoms with Gasteiger partial charge < -0.3 is 21.7 Å². The summed E-state index contributed by atoms with van der Waals surface area (Å²) < 4.78 is 0. The molecule has 0 saturated heterocycles. The highest BCUT2D eigenvalue weighted by Gasteiger charge is 2.15. The number of hydrogen-bond donors (Lipinski definition) is 3. The molecule has 2 amide bonds. The molecular weight excluding hydrogens is 256 g/mol. The Kier molecular flexibility index (Phi) is 5.99. The Hall–Kier alpha value is -2.08. The number of hydrogen-bond acceptors (Lipinski definition) is 4. The number of amides is 2. The smallest absolute Gasteiger partial charge is 0.236 e. The number of anilines is 1. The van der Waals surface area contributed by atoms with Crippen molar-refractivity contribution in [3.63, 3.8) is 0 Å². The number of benzene rings is 1. The second-order valence-corrected chi connectivity index (χ2v) is 4.70. The Bertz CT molecular complexity index is 472. The Morgan fingerprint density at radius 3 is 2.30 bits per heavy atom. The Labute approximate surface area is 119 Å². The lowest BCUT2D eigenvalue weighted by Crippen LogP contribution is -2.40. The molecule has 0 spiro atoms. The molecule has 0 bridgehead atoms. The van der Waals surface area contributed by atoms with E-state index in [0.717, 1.165) is 23.4 Å². The zero-order valence-electron chi connectivity index (χ0n) is 12.0. The number of nitrogens with zero attached hydrogens (tertiary/aromatic N) is 1. The van der Waals surface area contributed by atoms with E-state index in [0.29, 0.717) is 6.54 Å². The molecule has 0 unspecified atom stereocenters. The van der Waals surface area contributed by atoms with Crippen LogP contribution in [0.15, 0.2) is 18.2 Å². The van der Waals surface area contributed by atoms with Crippen LogP contribution in [0.2, 0.25) is 0 Å². The number of aryl methyl sites for hydroxylation is 1. The van der Waals surface area contributed by atoms with Gasteiger partial charge in [-0.1, -0.05) is 24.6 Å². The van der Waals surface area contributed by atoms with Crippen molar-refractivity contribution in [3.8, 4) is 0 Å². The lowest BCUT2D eigenvalue weighted by atomic mass is 10.1. The highest BCUT2D eigenvalue weighted by atomic mass is 16.2. The van der Waals surface area contributed by atoms with Gasteiger partial charge in [0.2, 0.25) is 11.8 Å². The van der Waals surface area contributed by atoms with E-state index in [2.05, 4.69) is 5.32 Å². The van der Waals surface area contributed by atoms with Gasteiger partial charge >= 0.3 is 0 Å². The minimum atomic E-state index is -0.499. The van der Waals surface area contributed by atoms with Crippen LogP contribution in [0.3, 0.4) is 0 Å². The quantitative estimate of drug-likeness (QED) is 0.617. The summed E-state index contributed by atoms with van der Waals surface area (Å²) in [5.41, 5.74) is 13.4. The van der Waals surface area contributed by atoms with Crippen LogP contribution in [-0.4, -0.2) is 31.4 Å². The maximum absolute atomic E-state index is 11.2. The van der Waals surface area contributed by atoms with Gasteiger partial charge in [-0.2, -0.15) is 0 Å². The van der Waals surface area contributed by atoms with Crippen molar-refractivity contribution in [1.29, 1.82) is 0 Å². The topological polar surface area (TPSA) is 101 Å². The summed E-state index contributed by atoms with van der Waals surface area (Å²) in [5.74, 6) is -0.998. The van der Waals surface area contributed by atoms with E-state index < -0.39 is 11.8 Å². The Morgan fingerprint density at radius 2 is 1.80 bits per heavy atom. The highest BCUT2D eigenvalue weighted by molar-refractivity contribution is 5.85. The van der Waals surface area contributed by atoms with Gasteiger partial charge in [0.1, 0.15) is 0 Å². The summed E-state index contributed by atoms with van der Waals surface area (Å²) >= 11 is 0. The minimum Gasteiger partial charge on any atom is -0.368 e. The molecule has 0 aliphatic heterocycles. The van der Waals surface area contributed by atoms with E-state index in [9.17, 15) is 9.59 Å². The summed E-state index contributed by atoms with van der Waals surface area (Å²) in [6.45, 7) is 5.42. The van der Waals surface area contributed by atoms with Gasteiger partial charge in [0.25, 0.3) is 0 Å². The van der Waals surface area contributed by atoms with Gasteiger partial charge in [0.05, 0.1) is 13.1 Å². The van der Waals surface area contributed by atoms with Crippen LogP contribution < -0.4 is 21.7 Å². The SMILES string of the molecule is CCNCc1cc(C)ccc1N(CC(N)=O)CC(N)=O. The second-order valence-electron chi connectivity index (χ2n) is 4.70. The maximum Gasteiger partial charge on any atom is 0.236 e. The Morgan fingerprint density at radius 1 is 1.20 bits per heavy atom. The van der Waals surface area contributed by atoms with Gasteiger partial charge in [0.15, 0.2) is 0 Å². The van der Waals surface area contributed by atoms with Crippen LogP contribution in [0.4, 0.5) is 5.69 Å². The average molecular weight is 278 g/mol. The van der Waals surface area contributed by atoms with Gasteiger partial charge in [-0.15, -0.1) is 0 Å². The molecular formula is C14H22N4O2. The fourth-order valence-corrected chi connectivity index (χ4v) is 2.03. The molecule has 5 N–H and O–H groups in total. The van der Waals surface area contributed by atoms with Crippen LogP contribution in [-0.2, 0) is 16.1 Å². The van der Waals surface area contributed by atoms with Crippen LogP contribution in [0, 0.1) is 6.92 Å². The molecule has 20 heavy (non-hydrogen) atoms. The van der Waals surface area contributed by atoms with Crippen molar-refractivity contribution in [2.45, 2.75) is 20.4 Å². The number of rotatable bonds is 8. The predicted octanol–water partition coefficient (Wildman–Crippen LogP) is -0.118. The third kappa shape index (κ3) is 4.89. The molecule has 110 valence electrons. The van der Waals surface area contributed by atoms with Crippen LogP contribution in [0.5, 0.6) is 0 Å². The summed E-state index contributed by atoms with van der Waals surface area (Å²) in [6.07, 6.45) is 0. The molecule has 6 nitrogen and oxygen atoms in total. The molecule has 6 heteroatoms. The number of primary amides is 2. The monoisotopic (exact) mass is 278 g/mol. The first-order chi connectivity index (χ1) is 9.43.